The van der Waals surface area contributed by atoms with Crippen molar-refractivity contribution in [2.24, 2.45) is 5.73 Å². The molecule has 1 aromatic carbocycles. The lowest BCUT2D eigenvalue weighted by molar-refractivity contribution is -0.138. The molecule has 0 saturated carbocycles. The van der Waals surface area contributed by atoms with Crippen LogP contribution >= 0.6 is 24.0 Å². The molecule has 0 spiro atoms. The Morgan fingerprint density at radius 1 is 1.43 bits per heavy atom. The van der Waals surface area contributed by atoms with Crippen molar-refractivity contribution in [3.63, 3.8) is 0 Å². The molecule has 0 bridgehead atoms. The van der Waals surface area contributed by atoms with Gasteiger partial charge in [-0.3, -0.25) is 4.79 Å². The minimum atomic E-state index is -0.912. The zero-order chi connectivity index (χ0) is 9.84. The summed E-state index contributed by atoms with van der Waals surface area (Å²) in [5, 5.41) is 9.37. The zero-order valence-electron chi connectivity index (χ0n) is 7.31. The van der Waals surface area contributed by atoms with Gasteiger partial charge in [0.2, 0.25) is 0 Å². The van der Waals surface area contributed by atoms with E-state index in [1.54, 1.807) is 24.3 Å². The average molecular weight is 236 g/mol. The number of halogens is 2. The third-order valence-corrected chi connectivity index (χ3v) is 2.06. The quantitative estimate of drug-likeness (QED) is 0.842. The van der Waals surface area contributed by atoms with Gasteiger partial charge in [0, 0.05) is 11.6 Å². The molecule has 0 unspecified atom stereocenters. The van der Waals surface area contributed by atoms with Gasteiger partial charge in [-0.25, -0.2) is 0 Å². The molecule has 3 nitrogen and oxygen atoms in total. The van der Waals surface area contributed by atoms with Crippen molar-refractivity contribution < 1.29 is 9.90 Å². The molecule has 0 radical (unpaired) electrons. The van der Waals surface area contributed by atoms with Crippen molar-refractivity contribution in [1.29, 1.82) is 0 Å². The molecule has 0 aliphatic rings. The first kappa shape index (κ1) is 13.2. The summed E-state index contributed by atoms with van der Waals surface area (Å²) >= 11 is 5.66. The maximum atomic E-state index is 10.7. The van der Waals surface area contributed by atoms with E-state index >= 15 is 0 Å². The number of hydrogen-bond donors (Lipinski definition) is 2. The number of rotatable bonds is 3. The normalized spacial score (nSPS) is 11.6. The molecule has 0 heterocycles. The molecule has 0 aliphatic carbocycles. The third-order valence-electron chi connectivity index (χ3n) is 1.81. The summed E-state index contributed by atoms with van der Waals surface area (Å²) in [5.74, 6) is -1.55. The van der Waals surface area contributed by atoms with Crippen molar-refractivity contribution >= 4 is 30.0 Å². The molecule has 0 aromatic heterocycles. The molecule has 5 heteroatoms. The number of benzene rings is 1. The molecular weight excluding hydrogens is 225 g/mol. The number of carboxylic acids is 1. The van der Waals surface area contributed by atoms with Crippen LogP contribution in [0.1, 0.15) is 11.5 Å². The summed E-state index contributed by atoms with van der Waals surface area (Å²) in [4.78, 5) is 10.7. The van der Waals surface area contributed by atoms with Gasteiger partial charge in [0.1, 0.15) is 0 Å². The van der Waals surface area contributed by atoms with Gasteiger partial charge in [-0.2, -0.15) is 0 Å². The van der Waals surface area contributed by atoms with Crippen molar-refractivity contribution in [3.05, 3.63) is 34.9 Å². The molecule has 1 rings (SSSR count). The van der Waals surface area contributed by atoms with E-state index in [1.165, 1.54) is 0 Å². The number of aliphatic carboxylic acids is 1. The lowest BCUT2D eigenvalue weighted by atomic mass is 10.00. The predicted molar refractivity (Wildman–Crippen MR) is 58.1 cm³/mol. The first-order chi connectivity index (χ1) is 6.15. The highest BCUT2D eigenvalue weighted by molar-refractivity contribution is 6.30. The molecule has 0 saturated heterocycles. The molecule has 1 atom stereocenters. The Labute approximate surface area is 93.3 Å². The number of carbonyl (C=O) groups is 1. The highest BCUT2D eigenvalue weighted by Crippen LogP contribution is 2.17. The van der Waals surface area contributed by atoms with Crippen molar-refractivity contribution in [3.8, 4) is 0 Å². The van der Waals surface area contributed by atoms with E-state index in [-0.39, 0.29) is 19.0 Å². The van der Waals surface area contributed by atoms with Crippen molar-refractivity contribution in [2.75, 3.05) is 6.54 Å². The lowest BCUT2D eigenvalue weighted by Crippen LogP contribution is -2.20. The van der Waals surface area contributed by atoms with E-state index in [4.69, 9.17) is 22.4 Å². The summed E-state index contributed by atoms with van der Waals surface area (Å²) < 4.78 is 0. The van der Waals surface area contributed by atoms with Gasteiger partial charge in [-0.15, -0.1) is 12.4 Å². The van der Waals surface area contributed by atoms with E-state index in [0.29, 0.717) is 10.6 Å². The second-order valence-corrected chi connectivity index (χ2v) is 3.11. The second-order valence-electron chi connectivity index (χ2n) is 2.68. The predicted octanol–water partition coefficient (Wildman–Crippen LogP) is 1.89. The van der Waals surface area contributed by atoms with Crippen LogP contribution in [0, 0.1) is 0 Å². The van der Waals surface area contributed by atoms with Gasteiger partial charge < -0.3 is 10.8 Å². The summed E-state index contributed by atoms with van der Waals surface area (Å²) in [6.07, 6.45) is 0. The van der Waals surface area contributed by atoms with Gasteiger partial charge in [0.15, 0.2) is 0 Å². The maximum absolute atomic E-state index is 10.7. The fourth-order valence-corrected chi connectivity index (χ4v) is 1.20. The summed E-state index contributed by atoms with van der Waals surface area (Å²) in [6, 6.07) is 6.66. The van der Waals surface area contributed by atoms with Crippen LogP contribution in [0.2, 0.25) is 5.02 Å². The Hall–Kier alpha value is -0.770. The van der Waals surface area contributed by atoms with Gasteiger partial charge in [0.25, 0.3) is 0 Å². The van der Waals surface area contributed by atoms with E-state index < -0.39 is 11.9 Å². The summed E-state index contributed by atoms with van der Waals surface area (Å²) in [6.45, 7) is 0.0942. The highest BCUT2D eigenvalue weighted by Gasteiger charge is 2.17. The van der Waals surface area contributed by atoms with Crippen LogP contribution < -0.4 is 5.73 Å². The molecule has 78 valence electrons. The molecule has 1 aromatic rings. The fraction of sp³-hybridized carbons (Fsp3) is 0.222. The summed E-state index contributed by atoms with van der Waals surface area (Å²) in [5.41, 5.74) is 6.01. The minimum absolute atomic E-state index is 0. The van der Waals surface area contributed by atoms with E-state index in [0.717, 1.165) is 0 Å². The largest absolute Gasteiger partial charge is 0.481 e. The minimum Gasteiger partial charge on any atom is -0.481 e. The molecule has 14 heavy (non-hydrogen) atoms. The van der Waals surface area contributed by atoms with Crippen LogP contribution in [0.15, 0.2) is 24.3 Å². The van der Waals surface area contributed by atoms with Crippen molar-refractivity contribution in [1.82, 2.24) is 0 Å². The Morgan fingerprint density at radius 3 is 2.29 bits per heavy atom. The maximum Gasteiger partial charge on any atom is 0.312 e. The van der Waals surface area contributed by atoms with Crippen LogP contribution in [-0.2, 0) is 4.79 Å². The second kappa shape index (κ2) is 5.86. The number of hydrogen-bond acceptors (Lipinski definition) is 2. The van der Waals surface area contributed by atoms with Crippen LogP contribution in [-0.4, -0.2) is 17.6 Å². The Balaban J connectivity index is 0.00000169. The Bertz CT molecular complexity index is 300. The van der Waals surface area contributed by atoms with Crippen LogP contribution in [0.25, 0.3) is 0 Å². The Kier molecular flexibility index (Phi) is 5.53. The monoisotopic (exact) mass is 235 g/mol. The molecule has 0 fully saturated rings. The lowest BCUT2D eigenvalue weighted by Gasteiger charge is -2.09. The first-order valence-corrected chi connectivity index (χ1v) is 4.21. The first-order valence-electron chi connectivity index (χ1n) is 3.83. The number of carboxylic acid groups (broad SMARTS) is 1. The van der Waals surface area contributed by atoms with Crippen LogP contribution in [0.3, 0.4) is 0 Å². The van der Waals surface area contributed by atoms with Crippen molar-refractivity contribution in [2.45, 2.75) is 5.92 Å². The van der Waals surface area contributed by atoms with Crippen LogP contribution in [0.4, 0.5) is 0 Å². The highest BCUT2D eigenvalue weighted by atomic mass is 35.5. The molecule has 3 N–H and O–H groups in total. The van der Waals surface area contributed by atoms with Gasteiger partial charge in [0.05, 0.1) is 5.92 Å². The topological polar surface area (TPSA) is 63.3 Å². The Morgan fingerprint density at radius 2 is 1.93 bits per heavy atom. The van der Waals surface area contributed by atoms with Gasteiger partial charge in [-0.05, 0) is 17.7 Å². The third kappa shape index (κ3) is 3.18. The average Bonchev–Trinajstić information content (AvgIpc) is 2.09. The molecule has 0 aliphatic heterocycles. The van der Waals surface area contributed by atoms with E-state index in [1.807, 2.05) is 0 Å². The van der Waals surface area contributed by atoms with Gasteiger partial charge >= 0.3 is 5.97 Å². The van der Waals surface area contributed by atoms with E-state index in [2.05, 4.69) is 0 Å². The standard InChI is InChI=1S/C9H10ClNO2.ClH/c10-7-3-1-6(2-4-7)8(5-11)9(12)13;/h1-4,8H,5,11H2,(H,12,13);1H/t8-;/m0./s1. The number of nitrogens with two attached hydrogens (primary N) is 1. The molecule has 0 amide bonds. The SMILES string of the molecule is Cl.NC[C@H](C(=O)O)c1ccc(Cl)cc1. The van der Waals surface area contributed by atoms with E-state index in [9.17, 15) is 4.79 Å². The summed E-state index contributed by atoms with van der Waals surface area (Å²) in [7, 11) is 0. The molecular formula is C9H11Cl2NO2. The smallest absolute Gasteiger partial charge is 0.312 e. The fourth-order valence-electron chi connectivity index (χ4n) is 1.07. The zero-order valence-corrected chi connectivity index (χ0v) is 8.89. The van der Waals surface area contributed by atoms with Crippen LogP contribution in [0.5, 0.6) is 0 Å². The van der Waals surface area contributed by atoms with Gasteiger partial charge in [-0.1, -0.05) is 23.7 Å².